The normalized spacial score (nSPS) is 27.8. The highest BCUT2D eigenvalue weighted by Crippen LogP contribution is 2.33. The zero-order valence-electron chi connectivity index (χ0n) is 13.5. The highest BCUT2D eigenvalue weighted by Gasteiger charge is 2.46. The minimum absolute atomic E-state index is 0.0470. The van der Waals surface area contributed by atoms with Crippen molar-refractivity contribution < 1.29 is 25.3 Å². The molecule has 2 aliphatic heterocycles. The molecule has 2 aliphatic rings. The van der Waals surface area contributed by atoms with Crippen molar-refractivity contribution in [3.8, 4) is 0 Å². The fraction of sp³-hybridized carbons (Fsp3) is 0.571. The lowest BCUT2D eigenvalue weighted by Gasteiger charge is -2.32. The maximum absolute atomic E-state index is 13.2. The van der Waals surface area contributed by atoms with Crippen LogP contribution < -0.4 is 0 Å². The number of benzene rings is 1. The Labute approximate surface area is 163 Å². The van der Waals surface area contributed by atoms with Crippen LogP contribution in [-0.2, 0) is 29.7 Å². The summed E-state index contributed by atoms with van der Waals surface area (Å²) in [5.41, 5.74) is 0. The summed E-state index contributed by atoms with van der Waals surface area (Å²) in [5, 5.41) is 0.231. The third-order valence-corrected chi connectivity index (χ3v) is 10.8. The molecule has 26 heavy (non-hydrogen) atoms. The van der Waals surface area contributed by atoms with E-state index in [1.807, 2.05) is 0 Å². The molecular weight excluding hydrogens is 445 g/mol. The molecule has 0 spiro atoms. The quantitative estimate of drug-likeness (QED) is 0.669. The van der Waals surface area contributed by atoms with Gasteiger partial charge in [-0.2, -0.15) is 4.31 Å². The topological polar surface area (TPSA) is 106 Å². The van der Waals surface area contributed by atoms with Gasteiger partial charge in [0.25, 0.3) is 0 Å². The van der Waals surface area contributed by atoms with Gasteiger partial charge in [0.15, 0.2) is 19.7 Å². The van der Waals surface area contributed by atoms with Crippen LogP contribution in [0.5, 0.6) is 0 Å². The van der Waals surface area contributed by atoms with Gasteiger partial charge in [-0.1, -0.05) is 23.2 Å². The lowest BCUT2D eigenvalue weighted by Crippen LogP contribution is -2.48. The van der Waals surface area contributed by atoms with Crippen LogP contribution in [0.1, 0.15) is 12.8 Å². The van der Waals surface area contributed by atoms with E-state index in [1.165, 1.54) is 18.2 Å². The van der Waals surface area contributed by atoms with Gasteiger partial charge in [-0.25, -0.2) is 25.3 Å². The minimum Gasteiger partial charge on any atom is -0.229 e. The molecule has 0 amide bonds. The summed E-state index contributed by atoms with van der Waals surface area (Å²) in [6.45, 7) is 0. The Balaban J connectivity index is 2.06. The number of hydrogen-bond donors (Lipinski definition) is 0. The number of sulfone groups is 2. The van der Waals surface area contributed by atoms with E-state index in [-0.39, 0.29) is 50.8 Å². The van der Waals surface area contributed by atoms with Gasteiger partial charge in [-0.15, -0.1) is 0 Å². The number of rotatable bonds is 4. The predicted octanol–water partition coefficient (Wildman–Crippen LogP) is 1.36. The standard InChI is InChI=1S/C14H17Cl2NO6S3/c15-13-2-1-12(7-14(13)16)26(22,23)17(10-3-5-24(18,19)8-10)11-4-6-25(20,21)9-11/h1-2,7,10-11H,3-6,8-9H2/t10-,11-/m1/s1. The zero-order chi connectivity index (χ0) is 19.3. The Morgan fingerprint density at radius 3 is 1.77 bits per heavy atom. The highest BCUT2D eigenvalue weighted by molar-refractivity contribution is 7.92. The maximum Gasteiger partial charge on any atom is 0.243 e. The zero-order valence-corrected chi connectivity index (χ0v) is 17.5. The summed E-state index contributed by atoms with van der Waals surface area (Å²) < 4.78 is 75.0. The van der Waals surface area contributed by atoms with Crippen LogP contribution in [0.15, 0.2) is 23.1 Å². The van der Waals surface area contributed by atoms with Crippen LogP contribution in [-0.4, -0.2) is 64.7 Å². The van der Waals surface area contributed by atoms with Gasteiger partial charge in [0, 0.05) is 12.1 Å². The summed E-state index contributed by atoms with van der Waals surface area (Å²) in [6, 6.07) is 2.23. The van der Waals surface area contributed by atoms with Gasteiger partial charge >= 0.3 is 0 Å². The first-order valence-corrected chi connectivity index (χ1v) is 13.6. The van der Waals surface area contributed by atoms with Gasteiger partial charge in [0.2, 0.25) is 10.0 Å². The average Bonchev–Trinajstić information content (AvgIpc) is 3.04. The summed E-state index contributed by atoms with van der Waals surface area (Å²) in [6.07, 6.45) is 0.277. The smallest absolute Gasteiger partial charge is 0.229 e. The third kappa shape index (κ3) is 4.05. The van der Waals surface area contributed by atoms with Crippen molar-refractivity contribution in [2.24, 2.45) is 0 Å². The van der Waals surface area contributed by atoms with Crippen molar-refractivity contribution in [1.82, 2.24) is 4.31 Å². The van der Waals surface area contributed by atoms with Gasteiger partial charge < -0.3 is 0 Å². The van der Waals surface area contributed by atoms with E-state index in [0.29, 0.717) is 0 Å². The van der Waals surface area contributed by atoms with Crippen molar-refractivity contribution in [3.05, 3.63) is 28.2 Å². The molecule has 12 heteroatoms. The van der Waals surface area contributed by atoms with Crippen LogP contribution in [0.25, 0.3) is 0 Å². The monoisotopic (exact) mass is 461 g/mol. The molecule has 146 valence electrons. The van der Waals surface area contributed by atoms with Crippen LogP contribution in [0.3, 0.4) is 0 Å². The Bertz CT molecular complexity index is 992. The van der Waals surface area contributed by atoms with Crippen molar-refractivity contribution in [2.75, 3.05) is 23.0 Å². The van der Waals surface area contributed by atoms with Crippen LogP contribution in [0.4, 0.5) is 0 Å². The molecule has 2 fully saturated rings. The lowest BCUT2D eigenvalue weighted by molar-refractivity contribution is 0.280. The largest absolute Gasteiger partial charge is 0.243 e. The molecule has 2 heterocycles. The number of sulfonamides is 1. The molecule has 0 unspecified atom stereocenters. The van der Waals surface area contributed by atoms with E-state index in [2.05, 4.69) is 0 Å². The summed E-state index contributed by atoms with van der Waals surface area (Å²) in [5.74, 6) is -0.872. The van der Waals surface area contributed by atoms with Crippen molar-refractivity contribution in [2.45, 2.75) is 29.8 Å². The lowest BCUT2D eigenvalue weighted by atomic mass is 10.2. The first kappa shape index (κ1) is 20.3. The Hall–Kier alpha value is -0.390. The highest BCUT2D eigenvalue weighted by atomic mass is 35.5. The predicted molar refractivity (Wildman–Crippen MR) is 99.6 cm³/mol. The SMILES string of the molecule is O=S1(=O)CC[C@@H](N([C@@H]2CCS(=O)(=O)C2)S(=O)(=O)c2ccc(Cl)c(Cl)c2)C1. The minimum atomic E-state index is -4.15. The van der Waals surface area contributed by atoms with Crippen LogP contribution >= 0.6 is 23.2 Å². The first-order valence-electron chi connectivity index (χ1n) is 7.81. The second-order valence-electron chi connectivity index (χ2n) is 6.52. The molecule has 2 saturated heterocycles. The summed E-state index contributed by atoms with van der Waals surface area (Å²) >= 11 is 11.8. The van der Waals surface area contributed by atoms with Gasteiger partial charge in [0.05, 0.1) is 38.0 Å². The molecule has 7 nitrogen and oxygen atoms in total. The molecular formula is C14H17Cl2NO6S3. The summed E-state index contributed by atoms with van der Waals surface area (Å²) in [4.78, 5) is -0.138. The van der Waals surface area contributed by atoms with Crippen molar-refractivity contribution >= 4 is 52.9 Å². The third-order valence-electron chi connectivity index (χ3n) is 4.60. The first-order chi connectivity index (χ1) is 11.9. The van der Waals surface area contributed by atoms with Gasteiger partial charge in [-0.05, 0) is 31.0 Å². The molecule has 1 aromatic rings. The fourth-order valence-electron chi connectivity index (χ4n) is 3.40. The Kier molecular flexibility index (Phi) is 5.39. The van der Waals surface area contributed by atoms with E-state index in [4.69, 9.17) is 23.2 Å². The van der Waals surface area contributed by atoms with Gasteiger partial charge in [0.1, 0.15) is 0 Å². The Morgan fingerprint density at radius 2 is 1.38 bits per heavy atom. The second kappa shape index (κ2) is 6.89. The maximum atomic E-state index is 13.2. The van der Waals surface area contributed by atoms with Gasteiger partial charge in [-0.3, -0.25) is 0 Å². The van der Waals surface area contributed by atoms with E-state index >= 15 is 0 Å². The molecule has 0 aromatic heterocycles. The Morgan fingerprint density at radius 1 is 0.885 bits per heavy atom. The second-order valence-corrected chi connectivity index (χ2v) is 13.6. The molecule has 0 saturated carbocycles. The molecule has 0 bridgehead atoms. The molecule has 0 aliphatic carbocycles. The molecule has 1 aromatic carbocycles. The molecule has 0 N–H and O–H groups in total. The van der Waals surface area contributed by atoms with Crippen LogP contribution in [0.2, 0.25) is 10.0 Å². The molecule has 0 radical (unpaired) electrons. The van der Waals surface area contributed by atoms with E-state index in [9.17, 15) is 25.3 Å². The van der Waals surface area contributed by atoms with E-state index in [0.717, 1.165) is 4.31 Å². The van der Waals surface area contributed by atoms with Crippen molar-refractivity contribution in [3.63, 3.8) is 0 Å². The van der Waals surface area contributed by atoms with Crippen LogP contribution in [0, 0.1) is 0 Å². The fourth-order valence-corrected chi connectivity index (χ4v) is 9.27. The number of nitrogens with zero attached hydrogens (tertiary/aromatic N) is 1. The van der Waals surface area contributed by atoms with Crippen molar-refractivity contribution in [1.29, 1.82) is 0 Å². The summed E-state index contributed by atoms with van der Waals surface area (Å²) in [7, 11) is -10.9. The number of hydrogen-bond acceptors (Lipinski definition) is 6. The molecule has 3 rings (SSSR count). The average molecular weight is 462 g/mol. The van der Waals surface area contributed by atoms with E-state index < -0.39 is 41.8 Å². The van der Waals surface area contributed by atoms with E-state index in [1.54, 1.807) is 0 Å². The number of halogens is 2. The molecule has 2 atom stereocenters.